The van der Waals surface area contributed by atoms with Crippen molar-refractivity contribution in [2.24, 2.45) is 0 Å². The van der Waals surface area contributed by atoms with E-state index in [1.165, 1.54) is 15.8 Å². The van der Waals surface area contributed by atoms with Crippen molar-refractivity contribution in [3.05, 3.63) is 0 Å². The zero-order valence-corrected chi connectivity index (χ0v) is 15.1. The van der Waals surface area contributed by atoms with E-state index >= 15 is 0 Å². The number of rotatable bonds is 3. The molecule has 0 fully saturated rings. The minimum absolute atomic E-state index is 1.39. The van der Waals surface area contributed by atoms with Gasteiger partial charge in [0.1, 0.15) is 0 Å². The van der Waals surface area contributed by atoms with Crippen LogP contribution in [-0.2, 0) is 0 Å². The Labute approximate surface area is 91.1 Å². The molecule has 0 spiro atoms. The summed E-state index contributed by atoms with van der Waals surface area (Å²) in [4.78, 5) is 7.24. The van der Waals surface area contributed by atoms with E-state index in [2.05, 4.69) is 44.3 Å². The summed E-state index contributed by atoms with van der Waals surface area (Å²) < 4.78 is 7.41. The molecule has 0 atom stereocenters. The van der Waals surface area contributed by atoms with Gasteiger partial charge in [0.15, 0.2) is 0 Å². The van der Waals surface area contributed by atoms with Crippen LogP contribution in [0.15, 0.2) is 0 Å². The quantitative estimate of drug-likeness (QED) is 0.536. The van der Waals surface area contributed by atoms with Crippen LogP contribution >= 0.6 is 0 Å². The summed E-state index contributed by atoms with van der Waals surface area (Å²) in [5.41, 5.74) is 0. The van der Waals surface area contributed by atoms with Gasteiger partial charge >= 0.3 is 91.7 Å². The van der Waals surface area contributed by atoms with Crippen molar-refractivity contribution in [3.8, 4) is 8.69 Å². The summed E-state index contributed by atoms with van der Waals surface area (Å²) in [6, 6.07) is 0. The van der Waals surface area contributed by atoms with E-state index in [-0.39, 0.29) is 0 Å². The summed E-state index contributed by atoms with van der Waals surface area (Å²) in [5, 5.41) is 4.17. The van der Waals surface area contributed by atoms with Gasteiger partial charge in [-0.05, 0) is 0 Å². The molecular formula is C11H24GeSn. The fourth-order valence-electron chi connectivity index (χ4n) is 1.34. The summed E-state index contributed by atoms with van der Waals surface area (Å²) in [6.07, 6.45) is 0. The van der Waals surface area contributed by atoms with Crippen LogP contribution in [0, 0.1) is 8.69 Å². The Morgan fingerprint density at radius 3 is 1.54 bits per heavy atom. The third kappa shape index (κ3) is 5.37. The van der Waals surface area contributed by atoms with Crippen molar-refractivity contribution in [2.75, 3.05) is 0 Å². The summed E-state index contributed by atoms with van der Waals surface area (Å²) in [6.45, 7) is 7.04. The fraction of sp³-hybridized carbons (Fsp3) is 0.818. The molecule has 0 N–H and O–H groups in total. The van der Waals surface area contributed by atoms with Crippen LogP contribution in [0.3, 0.4) is 0 Å². The van der Waals surface area contributed by atoms with Crippen molar-refractivity contribution in [1.29, 1.82) is 0 Å². The normalized spacial score (nSPS) is 12.2. The molecule has 0 aliphatic carbocycles. The second kappa shape index (κ2) is 5.70. The van der Waals surface area contributed by atoms with Gasteiger partial charge < -0.3 is 0 Å². The minimum atomic E-state index is -1.81. The van der Waals surface area contributed by atoms with E-state index in [9.17, 15) is 0 Å². The van der Waals surface area contributed by atoms with E-state index < -0.39 is 31.6 Å². The van der Waals surface area contributed by atoms with Crippen molar-refractivity contribution >= 4 is 31.6 Å². The molecule has 76 valence electrons. The summed E-state index contributed by atoms with van der Waals surface area (Å²) in [7, 11) is 0. The van der Waals surface area contributed by atoms with Crippen molar-refractivity contribution < 1.29 is 0 Å². The van der Waals surface area contributed by atoms with Crippen LogP contribution in [0.2, 0.25) is 30.6 Å². The summed E-state index contributed by atoms with van der Waals surface area (Å²) >= 11 is -3.45. The zero-order valence-electron chi connectivity index (χ0n) is 10.1. The van der Waals surface area contributed by atoms with Crippen LogP contribution in [0.25, 0.3) is 0 Å². The van der Waals surface area contributed by atoms with Crippen LogP contribution in [0.1, 0.15) is 20.8 Å². The third-order valence-electron chi connectivity index (χ3n) is 2.73. The predicted octanol–water partition coefficient (Wildman–Crippen LogP) is 3.91. The fourth-order valence-corrected chi connectivity index (χ4v) is 16.4. The Kier molecular flexibility index (Phi) is 6.10. The second-order valence-electron chi connectivity index (χ2n) is 4.84. The molecule has 0 rings (SSSR count). The average molecular weight is 348 g/mol. The molecular weight excluding hydrogens is 323 g/mol. The molecule has 0 amide bonds. The van der Waals surface area contributed by atoms with Gasteiger partial charge in [-0.15, -0.1) is 0 Å². The topological polar surface area (TPSA) is 0 Å². The Hall–Kier alpha value is 0.902. The molecule has 0 unspecified atom stereocenters. The van der Waals surface area contributed by atoms with E-state index in [0.29, 0.717) is 0 Å². The molecule has 0 saturated heterocycles. The Morgan fingerprint density at radius 1 is 0.923 bits per heavy atom. The van der Waals surface area contributed by atoms with Gasteiger partial charge in [-0.3, -0.25) is 0 Å². The van der Waals surface area contributed by atoms with Crippen LogP contribution in [0.5, 0.6) is 0 Å². The van der Waals surface area contributed by atoms with E-state index in [1.54, 1.807) is 0 Å². The van der Waals surface area contributed by atoms with Gasteiger partial charge in [0.2, 0.25) is 0 Å². The van der Waals surface area contributed by atoms with Crippen LogP contribution in [-0.4, -0.2) is 31.6 Å². The van der Waals surface area contributed by atoms with E-state index in [0.717, 1.165) is 0 Å². The molecule has 0 aliphatic rings. The van der Waals surface area contributed by atoms with Gasteiger partial charge in [-0.25, -0.2) is 0 Å². The molecule has 0 nitrogen and oxygen atoms in total. The molecule has 0 heterocycles. The van der Waals surface area contributed by atoms with E-state index in [4.69, 9.17) is 0 Å². The molecule has 0 radical (unpaired) electrons. The standard InChI is InChI=1S/C8H15Ge.3CH3.Sn/c1-5-9(6-2,7-3)8-4;;;;/h5-7H2,1-3H3;3*1H3;. The Bertz CT molecular complexity index is 192. The molecule has 0 saturated carbocycles. The average Bonchev–Trinajstić information content (AvgIpc) is 2.06. The Morgan fingerprint density at radius 2 is 1.31 bits per heavy atom. The molecule has 0 bridgehead atoms. The maximum absolute atomic E-state index is 3.75. The molecule has 0 aromatic carbocycles. The van der Waals surface area contributed by atoms with Gasteiger partial charge in [0.05, 0.1) is 0 Å². The first kappa shape index (κ1) is 13.9. The first-order valence-corrected chi connectivity index (χ1v) is 20.9. The van der Waals surface area contributed by atoms with Gasteiger partial charge in [-0.2, -0.15) is 0 Å². The van der Waals surface area contributed by atoms with Crippen LogP contribution in [0.4, 0.5) is 0 Å². The van der Waals surface area contributed by atoms with Gasteiger partial charge in [0.25, 0.3) is 0 Å². The first-order chi connectivity index (χ1) is 5.89. The zero-order chi connectivity index (χ0) is 10.5. The van der Waals surface area contributed by atoms with Crippen molar-refractivity contribution in [3.63, 3.8) is 0 Å². The van der Waals surface area contributed by atoms with E-state index in [1.807, 2.05) is 0 Å². The Balaban J connectivity index is 4.66. The van der Waals surface area contributed by atoms with Gasteiger partial charge in [-0.1, -0.05) is 0 Å². The SMILES string of the molecule is C[CH2][Ge]([C]#[C][Sn]([CH3])([CH3])[CH3])([CH2]C)[CH2]C. The van der Waals surface area contributed by atoms with Crippen molar-refractivity contribution in [1.82, 2.24) is 0 Å². The number of hydrogen-bond donors (Lipinski definition) is 0. The molecule has 13 heavy (non-hydrogen) atoms. The number of hydrogen-bond acceptors (Lipinski definition) is 0. The molecule has 0 aliphatic heterocycles. The van der Waals surface area contributed by atoms with Gasteiger partial charge in [0, 0.05) is 0 Å². The summed E-state index contributed by atoms with van der Waals surface area (Å²) in [5.74, 6) is 0. The third-order valence-corrected chi connectivity index (χ3v) is 16.6. The maximum atomic E-state index is 3.75. The molecule has 0 aromatic heterocycles. The monoisotopic (exact) mass is 350 g/mol. The molecule has 2 heteroatoms. The predicted molar refractivity (Wildman–Crippen MR) is 68.3 cm³/mol. The second-order valence-corrected chi connectivity index (χ2v) is 28.7. The molecule has 0 aromatic rings. The van der Waals surface area contributed by atoms with Crippen LogP contribution < -0.4 is 0 Å². The van der Waals surface area contributed by atoms with Crippen molar-refractivity contribution in [2.45, 2.75) is 51.4 Å². The first-order valence-electron chi connectivity index (χ1n) is 5.43.